The van der Waals surface area contributed by atoms with Gasteiger partial charge in [0.2, 0.25) is 5.91 Å². The third-order valence-corrected chi connectivity index (χ3v) is 6.80. The van der Waals surface area contributed by atoms with E-state index in [9.17, 15) is 4.79 Å². The second-order valence-corrected chi connectivity index (χ2v) is 9.17. The van der Waals surface area contributed by atoms with E-state index < -0.39 is 0 Å². The van der Waals surface area contributed by atoms with Crippen LogP contribution in [-0.2, 0) is 4.79 Å². The van der Waals surface area contributed by atoms with Crippen LogP contribution in [0, 0.1) is 0 Å². The Hall–Kier alpha value is -4.44. The molecule has 9 nitrogen and oxygen atoms in total. The van der Waals surface area contributed by atoms with E-state index in [4.69, 9.17) is 14.2 Å². The standard InChI is InChI=1S/C28H27N5O4S/c1-4-37-20-12-10-19(11-13-20)33-27(22-16-29-23-8-6-5-7-21(22)23)31-32-28(33)38-17-26(34)30-18-9-14-24(35-2)25(15-18)36-3/h5-16,29H,4,17H2,1-3H3,(H,30,34). The van der Waals surface area contributed by atoms with Gasteiger partial charge in [0.05, 0.1) is 26.6 Å². The van der Waals surface area contributed by atoms with E-state index in [2.05, 4.69) is 20.5 Å². The van der Waals surface area contributed by atoms with Crippen LogP contribution in [0.2, 0.25) is 0 Å². The largest absolute Gasteiger partial charge is 0.494 e. The molecule has 0 bridgehead atoms. The van der Waals surface area contributed by atoms with Crippen molar-refractivity contribution in [3.63, 3.8) is 0 Å². The zero-order chi connectivity index (χ0) is 26.5. The highest BCUT2D eigenvalue weighted by Crippen LogP contribution is 2.33. The zero-order valence-electron chi connectivity index (χ0n) is 21.2. The van der Waals surface area contributed by atoms with Crippen molar-refractivity contribution in [1.29, 1.82) is 0 Å². The summed E-state index contributed by atoms with van der Waals surface area (Å²) in [6.07, 6.45) is 1.93. The average Bonchev–Trinajstić information content (AvgIpc) is 3.56. The number of hydrogen-bond acceptors (Lipinski definition) is 7. The number of para-hydroxylation sites is 1. The van der Waals surface area contributed by atoms with Crippen LogP contribution in [-0.4, -0.2) is 52.2 Å². The van der Waals surface area contributed by atoms with Gasteiger partial charge < -0.3 is 24.5 Å². The lowest BCUT2D eigenvalue weighted by molar-refractivity contribution is -0.113. The van der Waals surface area contributed by atoms with Gasteiger partial charge in [0.15, 0.2) is 22.5 Å². The SMILES string of the molecule is CCOc1ccc(-n2c(SCC(=O)Nc3ccc(OC)c(OC)c3)nnc2-c2c[nH]c3ccccc23)cc1. The van der Waals surface area contributed by atoms with Gasteiger partial charge in [-0.2, -0.15) is 0 Å². The van der Waals surface area contributed by atoms with Gasteiger partial charge in [0.1, 0.15) is 5.75 Å². The molecule has 38 heavy (non-hydrogen) atoms. The molecule has 0 radical (unpaired) electrons. The van der Waals surface area contributed by atoms with E-state index in [-0.39, 0.29) is 11.7 Å². The summed E-state index contributed by atoms with van der Waals surface area (Å²) >= 11 is 1.30. The van der Waals surface area contributed by atoms with Crippen molar-refractivity contribution in [2.45, 2.75) is 12.1 Å². The summed E-state index contributed by atoms with van der Waals surface area (Å²) in [5.41, 5.74) is 3.40. The summed E-state index contributed by atoms with van der Waals surface area (Å²) < 4.78 is 18.2. The predicted octanol–water partition coefficient (Wildman–Crippen LogP) is 5.56. The van der Waals surface area contributed by atoms with Crippen LogP contribution < -0.4 is 19.5 Å². The number of fused-ring (bicyclic) bond motifs is 1. The highest BCUT2D eigenvalue weighted by molar-refractivity contribution is 7.99. The Morgan fingerprint density at radius 1 is 1.00 bits per heavy atom. The van der Waals surface area contributed by atoms with Crippen molar-refractivity contribution in [2.24, 2.45) is 0 Å². The molecule has 0 spiro atoms. The quantitative estimate of drug-likeness (QED) is 0.228. The number of nitrogens with one attached hydrogen (secondary N) is 2. The Balaban J connectivity index is 1.43. The topological polar surface area (TPSA) is 103 Å². The molecular formula is C28H27N5O4S. The fourth-order valence-electron chi connectivity index (χ4n) is 4.13. The summed E-state index contributed by atoms with van der Waals surface area (Å²) in [5.74, 6) is 2.54. The number of amides is 1. The molecule has 5 aromatic rings. The average molecular weight is 530 g/mol. The summed E-state index contributed by atoms with van der Waals surface area (Å²) in [4.78, 5) is 16.1. The summed E-state index contributed by atoms with van der Waals surface area (Å²) in [5, 5.41) is 13.5. The summed E-state index contributed by atoms with van der Waals surface area (Å²) in [7, 11) is 3.12. The van der Waals surface area contributed by atoms with Gasteiger partial charge in [-0.05, 0) is 49.4 Å². The first kappa shape index (κ1) is 25.2. The van der Waals surface area contributed by atoms with Crippen molar-refractivity contribution >= 4 is 34.3 Å². The first-order valence-corrected chi connectivity index (χ1v) is 13.0. The molecule has 1 amide bonds. The molecule has 0 aliphatic carbocycles. The van der Waals surface area contributed by atoms with Crippen LogP contribution in [0.5, 0.6) is 17.2 Å². The number of hydrogen-bond donors (Lipinski definition) is 2. The van der Waals surface area contributed by atoms with E-state index in [0.717, 1.165) is 27.9 Å². The Labute approximate surface area is 224 Å². The number of nitrogens with zero attached hydrogens (tertiary/aromatic N) is 3. The van der Waals surface area contributed by atoms with Gasteiger partial charge in [0.25, 0.3) is 0 Å². The molecule has 10 heteroatoms. The van der Waals surface area contributed by atoms with Crippen molar-refractivity contribution in [2.75, 3.05) is 31.9 Å². The number of anilines is 1. The maximum Gasteiger partial charge on any atom is 0.234 e. The molecule has 3 aromatic carbocycles. The highest BCUT2D eigenvalue weighted by atomic mass is 32.2. The lowest BCUT2D eigenvalue weighted by Crippen LogP contribution is -2.14. The monoisotopic (exact) mass is 529 g/mol. The second kappa shape index (κ2) is 11.3. The molecule has 2 heterocycles. The third kappa shape index (κ3) is 5.16. The number of rotatable bonds is 10. The Bertz CT molecular complexity index is 1560. The van der Waals surface area contributed by atoms with Gasteiger partial charge in [-0.3, -0.25) is 9.36 Å². The van der Waals surface area contributed by atoms with Gasteiger partial charge >= 0.3 is 0 Å². The predicted molar refractivity (Wildman–Crippen MR) is 149 cm³/mol. The van der Waals surface area contributed by atoms with Gasteiger partial charge in [-0.1, -0.05) is 30.0 Å². The summed E-state index contributed by atoms with van der Waals surface area (Å²) in [6, 6.07) is 21.0. The number of benzene rings is 3. The molecule has 2 N–H and O–H groups in total. The normalized spacial score (nSPS) is 10.9. The molecule has 0 atom stereocenters. The number of methoxy groups -OCH3 is 2. The van der Waals surface area contributed by atoms with Crippen molar-refractivity contribution < 1.29 is 19.0 Å². The van der Waals surface area contributed by atoms with Crippen LogP contribution in [0.3, 0.4) is 0 Å². The minimum atomic E-state index is -0.183. The number of H-pyrrole nitrogens is 1. The number of aromatic nitrogens is 4. The zero-order valence-corrected chi connectivity index (χ0v) is 22.0. The Morgan fingerprint density at radius 3 is 2.55 bits per heavy atom. The maximum atomic E-state index is 12.8. The van der Waals surface area contributed by atoms with Crippen LogP contribution in [0.15, 0.2) is 78.1 Å². The minimum absolute atomic E-state index is 0.136. The maximum absolute atomic E-state index is 12.8. The van der Waals surface area contributed by atoms with Crippen LogP contribution >= 0.6 is 11.8 Å². The van der Waals surface area contributed by atoms with Crippen LogP contribution in [0.1, 0.15) is 6.92 Å². The molecule has 194 valence electrons. The molecule has 2 aromatic heterocycles. The minimum Gasteiger partial charge on any atom is -0.494 e. The van der Waals surface area contributed by atoms with Crippen molar-refractivity contribution in [3.05, 3.63) is 72.9 Å². The molecule has 0 unspecified atom stereocenters. The van der Waals surface area contributed by atoms with E-state index in [1.54, 1.807) is 32.4 Å². The molecule has 0 aliphatic rings. The Kier molecular flexibility index (Phi) is 7.50. The molecule has 0 aliphatic heterocycles. The smallest absolute Gasteiger partial charge is 0.234 e. The second-order valence-electron chi connectivity index (χ2n) is 8.22. The van der Waals surface area contributed by atoms with Crippen LogP contribution in [0.25, 0.3) is 28.0 Å². The van der Waals surface area contributed by atoms with Crippen molar-refractivity contribution in [3.8, 4) is 34.3 Å². The van der Waals surface area contributed by atoms with E-state index in [0.29, 0.717) is 34.8 Å². The molecule has 5 rings (SSSR count). The molecular weight excluding hydrogens is 502 g/mol. The third-order valence-electron chi connectivity index (χ3n) is 5.87. The highest BCUT2D eigenvalue weighted by Gasteiger charge is 2.20. The Morgan fingerprint density at radius 2 is 1.79 bits per heavy atom. The first-order valence-electron chi connectivity index (χ1n) is 12.0. The lowest BCUT2D eigenvalue weighted by atomic mass is 10.1. The molecule has 0 fully saturated rings. The van der Waals surface area contributed by atoms with E-state index in [1.807, 2.05) is 66.2 Å². The number of ether oxygens (including phenoxy) is 3. The first-order chi connectivity index (χ1) is 18.6. The van der Waals surface area contributed by atoms with Gasteiger partial charge in [-0.15, -0.1) is 10.2 Å². The fraction of sp³-hybridized carbons (Fsp3) is 0.179. The lowest BCUT2D eigenvalue weighted by Gasteiger charge is -2.12. The number of thioether (sulfide) groups is 1. The molecule has 0 saturated heterocycles. The van der Waals surface area contributed by atoms with Gasteiger partial charge in [-0.25, -0.2) is 0 Å². The van der Waals surface area contributed by atoms with E-state index >= 15 is 0 Å². The fourth-order valence-corrected chi connectivity index (χ4v) is 4.88. The molecule has 0 saturated carbocycles. The van der Waals surface area contributed by atoms with Crippen molar-refractivity contribution in [1.82, 2.24) is 19.7 Å². The summed E-state index contributed by atoms with van der Waals surface area (Å²) in [6.45, 7) is 2.54. The van der Waals surface area contributed by atoms with Gasteiger partial charge in [0, 0.05) is 40.1 Å². The number of aromatic amines is 1. The van der Waals surface area contributed by atoms with E-state index in [1.165, 1.54) is 11.8 Å². The number of carbonyl (C=O) groups excluding carboxylic acids is 1. The number of carbonyl (C=O) groups is 1. The van der Waals surface area contributed by atoms with Crippen LogP contribution in [0.4, 0.5) is 5.69 Å².